The molecule has 12 heteroatoms. The summed E-state index contributed by atoms with van der Waals surface area (Å²) < 4.78 is 14.9. The molecule has 1 aromatic carbocycles. The number of benzene rings is 1. The first-order valence-electron chi connectivity index (χ1n) is 12.5. The first-order chi connectivity index (χ1) is 18.2. The zero-order valence-corrected chi connectivity index (χ0v) is 21.7. The highest BCUT2D eigenvalue weighted by atomic mass is 19.1. The molecule has 0 unspecified atom stereocenters. The Labute approximate surface area is 220 Å². The Balaban J connectivity index is 1.17. The standard InChI is InChI=1S/C26H31FN10O/c1-18(19-4-6-21(27)7-5-19)20-12-28-24(29-13-20)35-8-10-36(11-9-35)25-31-17-30-23(34-25)33-22-14-32-37(15-22)16-26(2,3)38/h4-7,12-15,17-18,38H,8-11,16H2,1-3H3,(H,30,31,33,34)/t18-/m1/s1. The number of aliphatic hydroxyl groups is 1. The molecule has 198 valence electrons. The summed E-state index contributed by atoms with van der Waals surface area (Å²) in [7, 11) is 0. The van der Waals surface area contributed by atoms with Crippen LogP contribution in [0.25, 0.3) is 0 Å². The van der Waals surface area contributed by atoms with Crippen molar-refractivity contribution in [1.29, 1.82) is 0 Å². The molecule has 0 amide bonds. The van der Waals surface area contributed by atoms with E-state index in [0.717, 1.165) is 29.9 Å². The van der Waals surface area contributed by atoms with Crippen LogP contribution in [0.1, 0.15) is 37.8 Å². The number of aromatic nitrogens is 7. The van der Waals surface area contributed by atoms with Gasteiger partial charge in [0.25, 0.3) is 0 Å². The van der Waals surface area contributed by atoms with E-state index in [4.69, 9.17) is 0 Å². The zero-order chi connectivity index (χ0) is 26.7. The van der Waals surface area contributed by atoms with Crippen LogP contribution in [-0.2, 0) is 6.54 Å². The van der Waals surface area contributed by atoms with Crippen molar-refractivity contribution in [3.05, 3.63) is 72.3 Å². The third-order valence-corrected chi connectivity index (χ3v) is 6.37. The average Bonchev–Trinajstić information content (AvgIpc) is 3.34. The number of nitrogens with zero attached hydrogens (tertiary/aromatic N) is 9. The summed E-state index contributed by atoms with van der Waals surface area (Å²) in [4.78, 5) is 26.6. The second-order valence-electron chi connectivity index (χ2n) is 10.0. The fraction of sp³-hybridized carbons (Fsp3) is 0.385. The van der Waals surface area contributed by atoms with Crippen LogP contribution >= 0.6 is 0 Å². The summed E-state index contributed by atoms with van der Waals surface area (Å²) in [5.41, 5.74) is 1.87. The Morgan fingerprint density at radius 3 is 2.24 bits per heavy atom. The second kappa shape index (κ2) is 10.7. The molecule has 4 heterocycles. The maximum Gasteiger partial charge on any atom is 0.232 e. The average molecular weight is 519 g/mol. The fourth-order valence-electron chi connectivity index (χ4n) is 4.31. The molecule has 4 aromatic rings. The van der Waals surface area contributed by atoms with Crippen LogP contribution in [0.4, 0.5) is 27.9 Å². The summed E-state index contributed by atoms with van der Waals surface area (Å²) in [6.07, 6.45) is 8.64. The SMILES string of the molecule is C[C@H](c1ccc(F)cc1)c1cnc(N2CCN(c3ncnc(Nc4cnn(CC(C)(C)O)c4)n3)CC2)nc1. The van der Waals surface area contributed by atoms with Crippen LogP contribution in [-0.4, -0.2) is 71.6 Å². The maximum atomic E-state index is 13.2. The van der Waals surface area contributed by atoms with Gasteiger partial charge in [0.15, 0.2) is 0 Å². The van der Waals surface area contributed by atoms with Crippen LogP contribution in [0.3, 0.4) is 0 Å². The monoisotopic (exact) mass is 518 g/mol. The molecule has 1 fully saturated rings. The van der Waals surface area contributed by atoms with Gasteiger partial charge in [-0.25, -0.2) is 24.3 Å². The first kappa shape index (κ1) is 25.5. The number of halogens is 1. The van der Waals surface area contributed by atoms with Gasteiger partial charge in [0.05, 0.1) is 24.0 Å². The molecule has 11 nitrogen and oxygen atoms in total. The minimum absolute atomic E-state index is 0.0732. The molecule has 0 spiro atoms. The Bertz CT molecular complexity index is 1350. The lowest BCUT2D eigenvalue weighted by molar-refractivity contribution is 0.0578. The lowest BCUT2D eigenvalue weighted by atomic mass is 9.95. The third kappa shape index (κ3) is 6.20. The van der Waals surface area contributed by atoms with Crippen molar-refractivity contribution in [2.24, 2.45) is 0 Å². The molecular formula is C26H31FN10O. The maximum absolute atomic E-state index is 13.2. The predicted molar refractivity (Wildman–Crippen MR) is 142 cm³/mol. The minimum atomic E-state index is -0.860. The smallest absolute Gasteiger partial charge is 0.232 e. The predicted octanol–water partition coefficient (Wildman–Crippen LogP) is 2.99. The molecule has 1 aliphatic heterocycles. The van der Waals surface area contributed by atoms with Crippen molar-refractivity contribution >= 4 is 23.5 Å². The van der Waals surface area contributed by atoms with E-state index in [1.54, 1.807) is 43.1 Å². The van der Waals surface area contributed by atoms with E-state index < -0.39 is 5.60 Å². The van der Waals surface area contributed by atoms with E-state index in [-0.39, 0.29) is 11.7 Å². The number of anilines is 4. The molecule has 0 radical (unpaired) electrons. The summed E-state index contributed by atoms with van der Waals surface area (Å²) in [6, 6.07) is 6.53. The van der Waals surface area contributed by atoms with Gasteiger partial charge in [0.1, 0.15) is 12.1 Å². The second-order valence-corrected chi connectivity index (χ2v) is 10.0. The minimum Gasteiger partial charge on any atom is -0.389 e. The zero-order valence-electron chi connectivity index (χ0n) is 21.7. The van der Waals surface area contributed by atoms with Crippen molar-refractivity contribution in [3.8, 4) is 0 Å². The molecule has 0 aliphatic carbocycles. The van der Waals surface area contributed by atoms with Crippen LogP contribution < -0.4 is 15.1 Å². The van der Waals surface area contributed by atoms with Crippen LogP contribution in [0, 0.1) is 5.82 Å². The number of nitrogens with one attached hydrogen (secondary N) is 1. The Hall–Kier alpha value is -4.19. The van der Waals surface area contributed by atoms with E-state index >= 15 is 0 Å². The molecule has 1 saturated heterocycles. The Morgan fingerprint density at radius 1 is 0.921 bits per heavy atom. The van der Waals surface area contributed by atoms with Crippen molar-refractivity contribution in [2.45, 2.75) is 38.8 Å². The molecule has 0 saturated carbocycles. The van der Waals surface area contributed by atoms with Crippen molar-refractivity contribution < 1.29 is 9.50 Å². The van der Waals surface area contributed by atoms with E-state index in [9.17, 15) is 9.50 Å². The normalized spacial score (nSPS) is 15.0. The van der Waals surface area contributed by atoms with Gasteiger partial charge in [-0.1, -0.05) is 19.1 Å². The highest BCUT2D eigenvalue weighted by Crippen LogP contribution is 2.24. The summed E-state index contributed by atoms with van der Waals surface area (Å²) in [6.45, 7) is 8.78. The van der Waals surface area contributed by atoms with E-state index in [1.165, 1.54) is 18.5 Å². The highest BCUT2D eigenvalue weighted by molar-refractivity contribution is 5.51. The number of hydrogen-bond acceptors (Lipinski definition) is 10. The summed E-state index contributed by atoms with van der Waals surface area (Å²) in [5.74, 6) is 1.53. The molecule has 2 N–H and O–H groups in total. The van der Waals surface area contributed by atoms with Gasteiger partial charge in [-0.2, -0.15) is 10.1 Å². The molecule has 3 aromatic heterocycles. The van der Waals surface area contributed by atoms with Gasteiger partial charge in [0, 0.05) is 50.7 Å². The Kier molecular flexibility index (Phi) is 7.14. The molecule has 1 aliphatic rings. The van der Waals surface area contributed by atoms with E-state index in [2.05, 4.69) is 52.1 Å². The van der Waals surface area contributed by atoms with Gasteiger partial charge in [-0.15, -0.1) is 0 Å². The molecule has 0 bridgehead atoms. The lowest BCUT2D eigenvalue weighted by Crippen LogP contribution is -2.47. The van der Waals surface area contributed by atoms with Crippen LogP contribution in [0.5, 0.6) is 0 Å². The number of hydrogen-bond donors (Lipinski definition) is 2. The van der Waals surface area contributed by atoms with E-state index in [1.807, 2.05) is 12.4 Å². The summed E-state index contributed by atoms with van der Waals surface area (Å²) >= 11 is 0. The van der Waals surface area contributed by atoms with Crippen LogP contribution in [0.2, 0.25) is 0 Å². The quantitative estimate of drug-likeness (QED) is 0.360. The molecular weight excluding hydrogens is 487 g/mol. The van der Waals surface area contributed by atoms with Crippen LogP contribution in [0.15, 0.2) is 55.4 Å². The van der Waals surface area contributed by atoms with Crippen molar-refractivity contribution in [3.63, 3.8) is 0 Å². The van der Waals surface area contributed by atoms with Gasteiger partial charge in [-0.3, -0.25) is 4.68 Å². The molecule has 5 rings (SSSR count). The van der Waals surface area contributed by atoms with Gasteiger partial charge in [0.2, 0.25) is 17.8 Å². The third-order valence-electron chi connectivity index (χ3n) is 6.37. The van der Waals surface area contributed by atoms with Gasteiger partial charge < -0.3 is 20.2 Å². The van der Waals surface area contributed by atoms with Gasteiger partial charge in [-0.05, 0) is 37.1 Å². The number of piperazine rings is 1. The molecule has 1 atom stereocenters. The number of rotatable bonds is 8. The largest absolute Gasteiger partial charge is 0.389 e. The van der Waals surface area contributed by atoms with Crippen molar-refractivity contribution in [2.75, 3.05) is 41.3 Å². The topological polar surface area (TPSA) is 121 Å². The fourth-order valence-corrected chi connectivity index (χ4v) is 4.31. The molecule has 38 heavy (non-hydrogen) atoms. The highest BCUT2D eigenvalue weighted by Gasteiger charge is 2.22. The lowest BCUT2D eigenvalue weighted by Gasteiger charge is -2.34. The van der Waals surface area contributed by atoms with Crippen molar-refractivity contribution in [1.82, 2.24) is 34.7 Å². The van der Waals surface area contributed by atoms with Gasteiger partial charge >= 0.3 is 0 Å². The Morgan fingerprint density at radius 2 is 1.58 bits per heavy atom. The first-order valence-corrected chi connectivity index (χ1v) is 12.5. The summed E-state index contributed by atoms with van der Waals surface area (Å²) in [5, 5.41) is 17.4. The van der Waals surface area contributed by atoms with E-state index in [0.29, 0.717) is 37.5 Å².